The van der Waals surface area contributed by atoms with Crippen molar-refractivity contribution in [1.29, 1.82) is 0 Å². The number of hydrogen-bond donors (Lipinski definition) is 1. The van der Waals surface area contributed by atoms with Gasteiger partial charge in [-0.15, -0.1) is 0 Å². The molecule has 0 aromatic heterocycles. The quantitative estimate of drug-likeness (QED) is 0.540. The van der Waals surface area contributed by atoms with Crippen LogP contribution in [0.3, 0.4) is 0 Å². The Morgan fingerprint density at radius 1 is 0.912 bits per heavy atom. The molecule has 1 fully saturated rings. The Labute approximate surface area is 201 Å². The van der Waals surface area contributed by atoms with Gasteiger partial charge in [0.1, 0.15) is 29.0 Å². The zero-order valence-electron chi connectivity index (χ0n) is 20.3. The maximum Gasteiger partial charge on any atom is 0.261 e. The van der Waals surface area contributed by atoms with Crippen LogP contribution in [0.1, 0.15) is 38.2 Å². The van der Waals surface area contributed by atoms with Crippen molar-refractivity contribution < 1.29 is 28.5 Å². The van der Waals surface area contributed by atoms with Crippen LogP contribution in [0.25, 0.3) is 0 Å². The molecule has 3 rings (SSSR count). The summed E-state index contributed by atoms with van der Waals surface area (Å²) in [7, 11) is 4.70. The largest absolute Gasteiger partial charge is 0.497 e. The van der Waals surface area contributed by atoms with Crippen molar-refractivity contribution in [1.82, 2.24) is 10.2 Å². The van der Waals surface area contributed by atoms with E-state index in [1.807, 2.05) is 24.3 Å². The highest BCUT2D eigenvalue weighted by Crippen LogP contribution is 2.27. The van der Waals surface area contributed by atoms with Crippen molar-refractivity contribution in [3.8, 4) is 23.0 Å². The first-order valence-electron chi connectivity index (χ1n) is 11.5. The highest BCUT2D eigenvalue weighted by molar-refractivity contribution is 5.88. The number of ether oxygens (including phenoxy) is 4. The van der Waals surface area contributed by atoms with Crippen LogP contribution in [0.2, 0.25) is 0 Å². The summed E-state index contributed by atoms with van der Waals surface area (Å²) in [5.74, 6) is 1.83. The van der Waals surface area contributed by atoms with Crippen LogP contribution in [0.5, 0.6) is 23.0 Å². The second kappa shape index (κ2) is 12.2. The molecule has 0 saturated heterocycles. The summed E-state index contributed by atoms with van der Waals surface area (Å²) in [5.41, 5.74) is 0.887. The molecular weight excluding hydrogens is 436 g/mol. The Kier molecular flexibility index (Phi) is 9.01. The van der Waals surface area contributed by atoms with Crippen LogP contribution >= 0.6 is 0 Å². The summed E-state index contributed by atoms with van der Waals surface area (Å²) in [6.45, 7) is 1.79. The van der Waals surface area contributed by atoms with E-state index in [-0.39, 0.29) is 31.0 Å². The van der Waals surface area contributed by atoms with Crippen molar-refractivity contribution in [3.63, 3.8) is 0 Å². The van der Waals surface area contributed by atoms with Gasteiger partial charge in [0.15, 0.2) is 6.61 Å². The van der Waals surface area contributed by atoms with E-state index in [2.05, 4.69) is 5.32 Å². The van der Waals surface area contributed by atoms with Gasteiger partial charge < -0.3 is 29.2 Å². The molecule has 0 aliphatic heterocycles. The maximum atomic E-state index is 13.3. The third kappa shape index (κ3) is 6.79. The molecule has 0 heterocycles. The highest BCUT2D eigenvalue weighted by atomic mass is 16.5. The van der Waals surface area contributed by atoms with E-state index in [0.717, 1.165) is 37.0 Å². The molecule has 0 unspecified atom stereocenters. The van der Waals surface area contributed by atoms with Gasteiger partial charge in [-0.2, -0.15) is 0 Å². The lowest BCUT2D eigenvalue weighted by Gasteiger charge is -2.29. The third-order valence-corrected chi connectivity index (χ3v) is 6.07. The standard InChI is InChI=1S/C26H34N2O6/c1-18(26(30)27-20-7-5-6-8-20)28(16-19-9-11-21(31-2)12-10-19)25(29)17-34-24-14-22(32-3)13-23(15-24)33-4/h9-15,18,20H,5-8,16-17H2,1-4H3,(H,27,30)/t18-/m0/s1. The van der Waals surface area contributed by atoms with Crippen molar-refractivity contribution in [2.75, 3.05) is 27.9 Å². The van der Waals surface area contributed by atoms with Crippen molar-refractivity contribution >= 4 is 11.8 Å². The lowest BCUT2D eigenvalue weighted by Crippen LogP contribution is -2.50. The van der Waals surface area contributed by atoms with E-state index in [1.165, 1.54) is 0 Å². The number of carbonyl (C=O) groups excluding carboxylic acids is 2. The molecule has 0 bridgehead atoms. The van der Waals surface area contributed by atoms with Gasteiger partial charge in [-0.1, -0.05) is 25.0 Å². The number of amides is 2. The summed E-state index contributed by atoms with van der Waals surface area (Å²) in [6, 6.07) is 12.0. The van der Waals surface area contributed by atoms with Gasteiger partial charge in [-0.3, -0.25) is 9.59 Å². The predicted molar refractivity (Wildman–Crippen MR) is 128 cm³/mol. The van der Waals surface area contributed by atoms with Gasteiger partial charge in [0, 0.05) is 30.8 Å². The number of benzene rings is 2. The van der Waals surface area contributed by atoms with Crippen LogP contribution in [-0.2, 0) is 16.1 Å². The Morgan fingerprint density at radius 2 is 1.47 bits per heavy atom. The molecule has 1 aliphatic carbocycles. The number of nitrogens with one attached hydrogen (secondary N) is 1. The van der Waals surface area contributed by atoms with Crippen molar-refractivity contribution in [2.45, 2.75) is 51.2 Å². The topological polar surface area (TPSA) is 86.3 Å². The average Bonchev–Trinajstić information content (AvgIpc) is 3.38. The van der Waals surface area contributed by atoms with Crippen LogP contribution < -0.4 is 24.3 Å². The first-order chi connectivity index (χ1) is 16.4. The van der Waals surface area contributed by atoms with Gasteiger partial charge in [-0.05, 0) is 37.5 Å². The lowest BCUT2D eigenvalue weighted by molar-refractivity contribution is -0.142. The highest BCUT2D eigenvalue weighted by Gasteiger charge is 2.28. The number of hydrogen-bond acceptors (Lipinski definition) is 6. The van der Waals surface area contributed by atoms with Gasteiger partial charge in [-0.25, -0.2) is 0 Å². The zero-order valence-corrected chi connectivity index (χ0v) is 20.3. The van der Waals surface area contributed by atoms with Gasteiger partial charge in [0.25, 0.3) is 5.91 Å². The monoisotopic (exact) mass is 470 g/mol. The first kappa shape index (κ1) is 25.2. The fourth-order valence-corrected chi connectivity index (χ4v) is 3.99. The first-order valence-corrected chi connectivity index (χ1v) is 11.5. The van der Waals surface area contributed by atoms with Crippen molar-refractivity contribution in [2.24, 2.45) is 0 Å². The molecule has 2 aromatic carbocycles. The van der Waals surface area contributed by atoms with E-state index in [4.69, 9.17) is 18.9 Å². The van der Waals surface area contributed by atoms with Crippen LogP contribution in [0.15, 0.2) is 42.5 Å². The second-order valence-corrected chi connectivity index (χ2v) is 8.37. The Balaban J connectivity index is 1.74. The van der Waals surface area contributed by atoms with Crippen LogP contribution in [0, 0.1) is 0 Å². The van der Waals surface area contributed by atoms with Crippen molar-refractivity contribution in [3.05, 3.63) is 48.0 Å². The minimum absolute atomic E-state index is 0.156. The zero-order chi connectivity index (χ0) is 24.5. The third-order valence-electron chi connectivity index (χ3n) is 6.07. The van der Waals surface area contributed by atoms with Gasteiger partial charge in [0.2, 0.25) is 5.91 Å². The predicted octanol–water partition coefficient (Wildman–Crippen LogP) is 3.57. The summed E-state index contributed by atoms with van der Waals surface area (Å²) >= 11 is 0. The minimum atomic E-state index is -0.654. The Hall–Kier alpha value is -3.42. The maximum absolute atomic E-state index is 13.3. The minimum Gasteiger partial charge on any atom is -0.497 e. The lowest BCUT2D eigenvalue weighted by atomic mass is 10.1. The molecule has 2 aromatic rings. The molecule has 1 saturated carbocycles. The molecular formula is C26H34N2O6. The Bertz CT molecular complexity index is 934. The van der Waals surface area contributed by atoms with E-state index in [9.17, 15) is 9.59 Å². The number of methoxy groups -OCH3 is 3. The fraction of sp³-hybridized carbons (Fsp3) is 0.462. The number of rotatable bonds is 11. The normalized spacial score (nSPS) is 14.2. The molecule has 34 heavy (non-hydrogen) atoms. The average molecular weight is 471 g/mol. The molecule has 0 radical (unpaired) electrons. The van der Waals surface area contributed by atoms with E-state index in [1.54, 1.807) is 51.4 Å². The summed E-state index contributed by atoms with van der Waals surface area (Å²) < 4.78 is 21.5. The summed E-state index contributed by atoms with van der Waals surface area (Å²) in [4.78, 5) is 27.8. The molecule has 2 amide bonds. The molecule has 1 N–H and O–H groups in total. The van der Waals surface area contributed by atoms with E-state index in [0.29, 0.717) is 17.2 Å². The molecule has 1 atom stereocenters. The molecule has 184 valence electrons. The molecule has 8 nitrogen and oxygen atoms in total. The summed E-state index contributed by atoms with van der Waals surface area (Å²) in [5, 5.41) is 3.10. The van der Waals surface area contributed by atoms with Gasteiger partial charge >= 0.3 is 0 Å². The van der Waals surface area contributed by atoms with E-state index < -0.39 is 6.04 Å². The van der Waals surface area contributed by atoms with Crippen LogP contribution in [-0.4, -0.2) is 56.7 Å². The summed E-state index contributed by atoms with van der Waals surface area (Å²) in [6.07, 6.45) is 4.19. The smallest absolute Gasteiger partial charge is 0.261 e. The second-order valence-electron chi connectivity index (χ2n) is 8.37. The van der Waals surface area contributed by atoms with Crippen LogP contribution in [0.4, 0.5) is 0 Å². The van der Waals surface area contributed by atoms with Gasteiger partial charge in [0.05, 0.1) is 21.3 Å². The van der Waals surface area contributed by atoms with E-state index >= 15 is 0 Å². The molecule has 1 aliphatic rings. The molecule has 0 spiro atoms. The number of carbonyl (C=O) groups is 2. The fourth-order valence-electron chi connectivity index (χ4n) is 3.99. The Morgan fingerprint density at radius 3 is 2.03 bits per heavy atom. The number of nitrogens with zero attached hydrogens (tertiary/aromatic N) is 1. The SMILES string of the molecule is COc1ccc(CN(C(=O)COc2cc(OC)cc(OC)c2)[C@@H](C)C(=O)NC2CCCC2)cc1. The molecule has 8 heteroatoms.